The Morgan fingerprint density at radius 3 is 2.09 bits per heavy atom. The van der Waals surface area contributed by atoms with E-state index in [2.05, 4.69) is 35.9 Å². The summed E-state index contributed by atoms with van der Waals surface area (Å²) < 4.78 is 75.7. The minimum atomic E-state index is -4.17. The number of hydrogen-bond donors (Lipinski definition) is 0. The fraction of sp³-hybridized carbons (Fsp3) is 0.379. The van der Waals surface area contributed by atoms with Crippen LogP contribution in [0.15, 0.2) is 54.6 Å². The Morgan fingerprint density at radius 2 is 1.43 bits per heavy atom. The summed E-state index contributed by atoms with van der Waals surface area (Å²) in [6.45, 7) is 3.60. The molecule has 0 aromatic heterocycles. The molecule has 186 valence electrons. The van der Waals surface area contributed by atoms with Crippen LogP contribution < -0.4 is 4.74 Å². The predicted octanol–water partition coefficient (Wildman–Crippen LogP) is 8.62. The van der Waals surface area contributed by atoms with Crippen LogP contribution in [0.4, 0.5) is 22.0 Å². The molecule has 0 saturated heterocycles. The van der Waals surface area contributed by atoms with Gasteiger partial charge in [0.2, 0.25) is 5.82 Å². The van der Waals surface area contributed by atoms with Gasteiger partial charge in [0, 0.05) is 0 Å². The van der Waals surface area contributed by atoms with Crippen molar-refractivity contribution in [2.75, 3.05) is 0 Å². The largest absolute Gasteiger partial charge is 0.429 e. The molecule has 0 unspecified atom stereocenters. The van der Waals surface area contributed by atoms with Crippen molar-refractivity contribution in [3.05, 3.63) is 99.9 Å². The lowest BCUT2D eigenvalue weighted by Crippen LogP contribution is -2.24. The van der Waals surface area contributed by atoms with Crippen LogP contribution in [0.3, 0.4) is 0 Å². The van der Waals surface area contributed by atoms with Gasteiger partial charge in [0.25, 0.3) is 0 Å². The third-order valence-corrected chi connectivity index (χ3v) is 6.99. The molecule has 1 aliphatic carbocycles. The van der Waals surface area contributed by atoms with Gasteiger partial charge >= 0.3 is 6.11 Å². The zero-order valence-electron chi connectivity index (χ0n) is 19.9. The SMILES string of the molecule is Cc1ccc(OC(F)(F)c2ccc(CCc3ccc(C4CCC(C)CC4)cc3)cc2F)c(F)c1F. The van der Waals surface area contributed by atoms with Crippen molar-refractivity contribution in [1.29, 1.82) is 0 Å². The van der Waals surface area contributed by atoms with Gasteiger partial charge in [-0.25, -0.2) is 8.78 Å². The summed E-state index contributed by atoms with van der Waals surface area (Å²) >= 11 is 0. The van der Waals surface area contributed by atoms with Crippen molar-refractivity contribution in [2.24, 2.45) is 5.92 Å². The highest BCUT2D eigenvalue weighted by atomic mass is 19.3. The molecule has 3 aromatic carbocycles. The van der Waals surface area contributed by atoms with E-state index in [0.29, 0.717) is 24.3 Å². The maximum Gasteiger partial charge on any atom is 0.429 e. The van der Waals surface area contributed by atoms with E-state index in [1.165, 1.54) is 44.2 Å². The maximum atomic E-state index is 14.6. The van der Waals surface area contributed by atoms with Crippen LogP contribution in [0, 0.1) is 30.3 Å². The lowest BCUT2D eigenvalue weighted by molar-refractivity contribution is -0.189. The summed E-state index contributed by atoms with van der Waals surface area (Å²) in [4.78, 5) is 0. The molecule has 0 radical (unpaired) electrons. The van der Waals surface area contributed by atoms with Gasteiger partial charge in [-0.15, -0.1) is 0 Å². The zero-order chi connectivity index (χ0) is 25.2. The lowest BCUT2D eigenvalue weighted by Gasteiger charge is -2.26. The molecule has 3 aromatic rings. The number of ether oxygens (including phenoxy) is 1. The van der Waals surface area contributed by atoms with Crippen LogP contribution in [-0.4, -0.2) is 0 Å². The molecule has 35 heavy (non-hydrogen) atoms. The summed E-state index contributed by atoms with van der Waals surface area (Å²) in [6.07, 6.45) is 1.89. The van der Waals surface area contributed by atoms with Gasteiger partial charge in [-0.1, -0.05) is 56.2 Å². The number of aryl methyl sites for hydroxylation is 3. The van der Waals surface area contributed by atoms with Crippen molar-refractivity contribution in [2.45, 2.75) is 64.4 Å². The lowest BCUT2D eigenvalue weighted by atomic mass is 9.79. The van der Waals surface area contributed by atoms with Crippen LogP contribution >= 0.6 is 0 Å². The Bertz CT molecular complexity index is 1160. The van der Waals surface area contributed by atoms with E-state index in [-0.39, 0.29) is 5.56 Å². The summed E-state index contributed by atoms with van der Waals surface area (Å²) in [7, 11) is 0. The first-order valence-electron chi connectivity index (χ1n) is 12.0. The second-order valence-electron chi connectivity index (χ2n) is 9.64. The summed E-state index contributed by atoms with van der Waals surface area (Å²) in [5.41, 5.74) is 1.91. The van der Waals surface area contributed by atoms with Crippen molar-refractivity contribution in [3.63, 3.8) is 0 Å². The van der Waals surface area contributed by atoms with Gasteiger partial charge < -0.3 is 4.74 Å². The Labute approximate surface area is 202 Å². The first kappa shape index (κ1) is 25.2. The average Bonchev–Trinajstić information content (AvgIpc) is 2.84. The smallest absolute Gasteiger partial charge is 0.426 e. The van der Waals surface area contributed by atoms with E-state index in [4.69, 9.17) is 0 Å². The topological polar surface area (TPSA) is 9.23 Å². The second-order valence-corrected chi connectivity index (χ2v) is 9.64. The molecule has 0 heterocycles. The van der Waals surface area contributed by atoms with E-state index >= 15 is 0 Å². The number of hydrogen-bond acceptors (Lipinski definition) is 1. The Hall–Kier alpha value is -2.89. The molecule has 0 atom stereocenters. The number of rotatable bonds is 7. The molecule has 1 fully saturated rings. The van der Waals surface area contributed by atoms with E-state index in [1.54, 1.807) is 0 Å². The third-order valence-electron chi connectivity index (χ3n) is 6.99. The summed E-state index contributed by atoms with van der Waals surface area (Å²) in [5.74, 6) is -3.55. The van der Waals surface area contributed by atoms with Gasteiger partial charge in [-0.2, -0.15) is 13.2 Å². The average molecular weight is 489 g/mol. The highest BCUT2D eigenvalue weighted by Crippen LogP contribution is 2.37. The van der Waals surface area contributed by atoms with Crippen LogP contribution in [0.1, 0.15) is 66.3 Å². The molecular formula is C29H29F5O. The van der Waals surface area contributed by atoms with Crippen LogP contribution in [0.25, 0.3) is 0 Å². The second kappa shape index (κ2) is 10.4. The Kier molecular flexibility index (Phi) is 7.48. The molecule has 0 N–H and O–H groups in total. The first-order chi connectivity index (χ1) is 16.6. The molecule has 0 amide bonds. The first-order valence-corrected chi connectivity index (χ1v) is 12.0. The van der Waals surface area contributed by atoms with Gasteiger partial charge in [0.15, 0.2) is 11.6 Å². The number of halogens is 5. The molecule has 6 heteroatoms. The summed E-state index contributed by atoms with van der Waals surface area (Å²) in [5, 5.41) is 0. The van der Waals surface area contributed by atoms with Crippen LogP contribution in [0.2, 0.25) is 0 Å². The molecule has 1 saturated carbocycles. The monoisotopic (exact) mass is 488 g/mol. The van der Waals surface area contributed by atoms with E-state index in [9.17, 15) is 22.0 Å². The molecular weight excluding hydrogens is 459 g/mol. The molecule has 0 spiro atoms. The van der Waals surface area contributed by atoms with Crippen molar-refractivity contribution in [3.8, 4) is 5.75 Å². The molecule has 1 aliphatic rings. The Morgan fingerprint density at radius 1 is 0.800 bits per heavy atom. The third kappa shape index (κ3) is 5.85. The number of alkyl halides is 2. The molecule has 4 rings (SSSR count). The standard InChI is InChI=1S/C29H29F5O/c1-18-3-11-22(12-4-18)23-13-8-20(9-14-23)6-7-21-10-15-24(25(30)17-21)29(33,34)35-26-16-5-19(2)27(31)28(26)32/h5,8-10,13-18,22H,3-4,6-7,11-12H2,1-2H3. The summed E-state index contributed by atoms with van der Waals surface area (Å²) in [6, 6.07) is 13.9. The minimum absolute atomic E-state index is 0.0491. The van der Waals surface area contributed by atoms with Gasteiger partial charge in [-0.05, 0) is 84.9 Å². The highest BCUT2D eigenvalue weighted by Gasteiger charge is 2.39. The fourth-order valence-corrected chi connectivity index (χ4v) is 4.69. The van der Waals surface area contributed by atoms with Crippen molar-refractivity contribution >= 4 is 0 Å². The Balaban J connectivity index is 1.39. The zero-order valence-corrected chi connectivity index (χ0v) is 19.9. The quantitative estimate of drug-likeness (QED) is 0.303. The van der Waals surface area contributed by atoms with E-state index < -0.39 is 34.9 Å². The minimum Gasteiger partial charge on any atom is -0.426 e. The van der Waals surface area contributed by atoms with Crippen LogP contribution in [-0.2, 0) is 19.0 Å². The van der Waals surface area contributed by atoms with Gasteiger partial charge in [0.05, 0.1) is 5.56 Å². The molecule has 1 nitrogen and oxygen atoms in total. The fourth-order valence-electron chi connectivity index (χ4n) is 4.69. The van der Waals surface area contributed by atoms with Crippen LogP contribution in [0.5, 0.6) is 5.75 Å². The van der Waals surface area contributed by atoms with E-state index in [1.807, 2.05) is 0 Å². The van der Waals surface area contributed by atoms with Gasteiger partial charge in [-0.3, -0.25) is 0 Å². The number of benzene rings is 3. The molecule has 0 aliphatic heterocycles. The van der Waals surface area contributed by atoms with Crippen molar-refractivity contribution in [1.82, 2.24) is 0 Å². The normalized spacial score (nSPS) is 18.5. The van der Waals surface area contributed by atoms with E-state index in [0.717, 1.165) is 35.7 Å². The molecule has 0 bridgehead atoms. The highest BCUT2D eigenvalue weighted by molar-refractivity contribution is 5.33. The van der Waals surface area contributed by atoms with Gasteiger partial charge in [0.1, 0.15) is 5.82 Å². The maximum absolute atomic E-state index is 14.6. The predicted molar refractivity (Wildman–Crippen MR) is 126 cm³/mol. The van der Waals surface area contributed by atoms with Crippen molar-refractivity contribution < 1.29 is 26.7 Å².